The number of unbranched alkanes of at least 4 members (excludes halogenated alkanes) is 6. The maximum atomic E-state index is 11.7. The molecule has 0 N–H and O–H groups in total. The van der Waals surface area contributed by atoms with Crippen LogP contribution in [-0.4, -0.2) is 9.11 Å². The minimum absolute atomic E-state index is 0.0191. The van der Waals surface area contributed by atoms with Crippen LogP contribution < -0.4 is 21.2 Å². The van der Waals surface area contributed by atoms with Gasteiger partial charge in [0.25, 0.3) is 0 Å². The Hall–Kier alpha value is 0.660. The summed E-state index contributed by atoms with van der Waals surface area (Å²) in [6, 6.07) is 0. The van der Waals surface area contributed by atoms with Crippen molar-refractivity contribution in [2.75, 3.05) is 9.11 Å². The van der Waals surface area contributed by atoms with Crippen LogP contribution in [-0.2, 0) is 0 Å². The molecule has 0 bridgehead atoms. The van der Waals surface area contributed by atoms with Crippen LogP contribution in [0.3, 0.4) is 0 Å². The van der Waals surface area contributed by atoms with Gasteiger partial charge in [-0.3, -0.25) is 0 Å². The summed E-state index contributed by atoms with van der Waals surface area (Å²) in [6.07, 6.45) is 9.49. The Labute approximate surface area is 86.6 Å². The summed E-state index contributed by atoms with van der Waals surface area (Å²) in [4.78, 5) is 0. The Morgan fingerprint density at radius 3 is 2.08 bits per heavy atom. The number of hydrogen-bond acceptors (Lipinski definition) is 0. The number of hydrogen-bond donors (Lipinski definition) is 0. The van der Waals surface area contributed by atoms with Crippen molar-refractivity contribution in [3.8, 4) is 0 Å². The second kappa shape index (κ2) is 11.7. The molecule has 0 aromatic heterocycles. The van der Waals surface area contributed by atoms with Gasteiger partial charge >= 0.3 is 86.6 Å². The second-order valence-electron chi connectivity index (χ2n) is 3.10. The molecule has 0 aliphatic carbocycles. The first-order chi connectivity index (χ1) is 5.91. The first kappa shape index (κ1) is 12.7. The molecule has 0 spiro atoms. The molecule has 0 saturated carbocycles. The molecule has 0 aromatic carbocycles. The molecule has 0 nitrogen and oxygen atoms in total. The first-order valence-electron chi connectivity index (χ1n) is 5.01. The molecule has 0 atom stereocenters. The molecule has 0 aliphatic rings. The van der Waals surface area contributed by atoms with Crippen LogP contribution in [0, 0.1) is 0 Å². The third kappa shape index (κ3) is 10.7. The van der Waals surface area contributed by atoms with Crippen LogP contribution in [0.1, 0.15) is 51.9 Å². The third-order valence-electron chi connectivity index (χ3n) is 1.94. The summed E-state index contributed by atoms with van der Waals surface area (Å²) in [5.41, 5.74) is 0. The van der Waals surface area contributed by atoms with Crippen LogP contribution >= 0.6 is 0 Å². The first-order valence-corrected chi connectivity index (χ1v) is 8.06. The Balaban J connectivity index is 2.73. The molecular weight excluding hydrogens is 266 g/mol. The molecule has 0 rings (SSSR count). The summed E-state index contributed by atoms with van der Waals surface area (Å²) in [5.74, 6) is 0. The van der Waals surface area contributed by atoms with E-state index in [0.29, 0.717) is 0 Å². The molecular formula is C10H21FI-. The van der Waals surface area contributed by atoms with Crippen LogP contribution in [0.5, 0.6) is 0 Å². The van der Waals surface area contributed by atoms with Crippen molar-refractivity contribution in [1.29, 1.82) is 0 Å². The number of halogens is 2. The van der Waals surface area contributed by atoms with E-state index in [0.717, 1.165) is 0 Å². The van der Waals surface area contributed by atoms with Gasteiger partial charge in [-0.15, -0.1) is 0 Å². The van der Waals surface area contributed by atoms with Gasteiger partial charge in [0.2, 0.25) is 0 Å². The molecule has 0 saturated heterocycles. The average Bonchev–Trinajstić information content (AvgIpc) is 2.10. The predicted molar refractivity (Wildman–Crippen MR) is 48.8 cm³/mol. The topological polar surface area (TPSA) is 0 Å². The van der Waals surface area contributed by atoms with Crippen molar-refractivity contribution in [2.24, 2.45) is 0 Å². The number of alkyl halides is 3. The van der Waals surface area contributed by atoms with Crippen LogP contribution in [0.4, 0.5) is 4.39 Å². The Bertz CT molecular complexity index is 66.2. The summed E-state index contributed by atoms with van der Waals surface area (Å²) in [5, 5.41) is 0. The molecule has 0 aromatic rings. The standard InChI is InChI=1S/C10H21FI/c1-2-3-4-5-6-7-8-9-12-10-11/h2-10H2,1H3/q-1. The fraction of sp³-hybridized carbons (Fsp3) is 1.00. The molecule has 76 valence electrons. The zero-order chi connectivity index (χ0) is 9.07. The summed E-state index contributed by atoms with van der Waals surface area (Å²) >= 11 is -0.0680. The molecule has 12 heavy (non-hydrogen) atoms. The van der Waals surface area contributed by atoms with E-state index in [1.807, 2.05) is 0 Å². The van der Waals surface area contributed by atoms with Gasteiger partial charge in [-0.05, 0) is 0 Å². The quantitative estimate of drug-likeness (QED) is 0.333. The zero-order valence-corrected chi connectivity index (χ0v) is 10.3. The average molecular weight is 287 g/mol. The van der Waals surface area contributed by atoms with Gasteiger partial charge in [-0.1, -0.05) is 0 Å². The third-order valence-corrected chi connectivity index (χ3v) is 3.88. The van der Waals surface area contributed by atoms with Gasteiger partial charge in [0.05, 0.1) is 0 Å². The Morgan fingerprint density at radius 1 is 0.917 bits per heavy atom. The second-order valence-corrected chi connectivity index (χ2v) is 5.83. The van der Waals surface area contributed by atoms with E-state index in [9.17, 15) is 4.39 Å². The molecule has 2 heteroatoms. The predicted octanol–water partition coefficient (Wildman–Crippen LogP) is 0.753. The Kier molecular flexibility index (Phi) is 12.3. The van der Waals surface area contributed by atoms with E-state index < -0.39 is 0 Å². The van der Waals surface area contributed by atoms with Crippen LogP contribution in [0.2, 0.25) is 0 Å². The van der Waals surface area contributed by atoms with E-state index in [4.69, 9.17) is 0 Å². The SMILES string of the molecule is CCCCCCCCC[I-]CF. The molecule has 0 fully saturated rings. The molecule has 0 unspecified atom stereocenters. The van der Waals surface area contributed by atoms with Gasteiger partial charge in [0.1, 0.15) is 0 Å². The van der Waals surface area contributed by atoms with E-state index in [1.54, 1.807) is 0 Å². The van der Waals surface area contributed by atoms with E-state index in [2.05, 4.69) is 6.92 Å². The summed E-state index contributed by atoms with van der Waals surface area (Å²) in [7, 11) is 0. The van der Waals surface area contributed by atoms with Gasteiger partial charge in [-0.25, -0.2) is 0 Å². The van der Waals surface area contributed by atoms with Crippen molar-refractivity contribution in [3.05, 3.63) is 0 Å². The molecule has 0 aliphatic heterocycles. The van der Waals surface area contributed by atoms with Crippen LogP contribution in [0.25, 0.3) is 0 Å². The van der Waals surface area contributed by atoms with Crippen molar-refractivity contribution >= 4 is 0 Å². The molecule has 0 radical (unpaired) electrons. The van der Waals surface area contributed by atoms with E-state index in [1.165, 1.54) is 49.4 Å². The fourth-order valence-corrected chi connectivity index (χ4v) is 2.56. The van der Waals surface area contributed by atoms with Crippen molar-refractivity contribution in [3.63, 3.8) is 0 Å². The van der Waals surface area contributed by atoms with Gasteiger partial charge < -0.3 is 0 Å². The Morgan fingerprint density at radius 2 is 1.50 bits per heavy atom. The van der Waals surface area contributed by atoms with Crippen molar-refractivity contribution in [1.82, 2.24) is 0 Å². The monoisotopic (exact) mass is 287 g/mol. The van der Waals surface area contributed by atoms with Crippen molar-refractivity contribution < 1.29 is 25.6 Å². The minimum atomic E-state index is -0.0680. The summed E-state index contributed by atoms with van der Waals surface area (Å²) < 4.78 is 12.9. The molecule has 0 heterocycles. The van der Waals surface area contributed by atoms with Gasteiger partial charge in [0.15, 0.2) is 0 Å². The summed E-state index contributed by atoms with van der Waals surface area (Å²) in [6.45, 7) is 2.24. The molecule has 0 amide bonds. The zero-order valence-electron chi connectivity index (χ0n) is 8.12. The fourth-order valence-electron chi connectivity index (χ4n) is 1.20. The van der Waals surface area contributed by atoms with E-state index in [-0.39, 0.29) is 25.9 Å². The van der Waals surface area contributed by atoms with E-state index >= 15 is 0 Å². The maximum absolute atomic E-state index is 11.7. The van der Waals surface area contributed by atoms with Crippen LogP contribution in [0.15, 0.2) is 0 Å². The van der Waals surface area contributed by atoms with Gasteiger partial charge in [-0.2, -0.15) is 0 Å². The number of rotatable bonds is 9. The van der Waals surface area contributed by atoms with Crippen molar-refractivity contribution in [2.45, 2.75) is 51.9 Å². The normalized spacial score (nSPS) is 10.8. The van der Waals surface area contributed by atoms with Gasteiger partial charge in [0, 0.05) is 0 Å².